The third-order valence-electron chi connectivity index (χ3n) is 5.38. The SMILES string of the molecule is COc1ccc2nc(/C=C/c3ccccn3)nc(N[C@H]3CCCC[C@H]3N=C(N)N)c2c1. The van der Waals surface area contributed by atoms with Crippen molar-refractivity contribution in [3.63, 3.8) is 0 Å². The molecular formula is C23H27N7O. The van der Waals surface area contributed by atoms with Gasteiger partial charge in [-0.15, -0.1) is 0 Å². The summed E-state index contributed by atoms with van der Waals surface area (Å²) in [5.74, 6) is 2.21. The van der Waals surface area contributed by atoms with Gasteiger partial charge in [0.2, 0.25) is 0 Å². The number of hydrogen-bond acceptors (Lipinski definition) is 6. The van der Waals surface area contributed by atoms with E-state index in [1.165, 1.54) is 0 Å². The number of anilines is 1. The molecule has 2 atom stereocenters. The van der Waals surface area contributed by atoms with Crippen molar-refractivity contribution in [2.45, 2.75) is 37.8 Å². The van der Waals surface area contributed by atoms with E-state index in [0.29, 0.717) is 5.82 Å². The van der Waals surface area contributed by atoms with E-state index >= 15 is 0 Å². The first-order valence-electron chi connectivity index (χ1n) is 10.4. The lowest BCUT2D eigenvalue weighted by Gasteiger charge is -2.30. The molecule has 0 aliphatic heterocycles. The van der Waals surface area contributed by atoms with E-state index in [-0.39, 0.29) is 18.0 Å². The minimum absolute atomic E-state index is 0.0156. The Labute approximate surface area is 181 Å². The van der Waals surface area contributed by atoms with Crippen LogP contribution in [0.1, 0.15) is 37.2 Å². The summed E-state index contributed by atoms with van der Waals surface area (Å²) in [6.07, 6.45) is 9.66. The standard InChI is InChI=1S/C23H27N7O/c1-31-16-10-11-18-17(14-16)22(28-19-7-2-3-8-20(19)29-23(24)25)30-21(27-18)12-9-15-6-4-5-13-26-15/h4-6,9-14,19-20H,2-3,7-8H2,1H3,(H4,24,25,29)(H,27,28,30)/b12-9+/t19-,20+/m0/s1. The second-order valence-corrected chi connectivity index (χ2v) is 7.56. The second kappa shape index (κ2) is 9.42. The van der Waals surface area contributed by atoms with Crippen molar-refractivity contribution in [1.29, 1.82) is 0 Å². The summed E-state index contributed by atoms with van der Waals surface area (Å²) < 4.78 is 5.42. The highest BCUT2D eigenvalue weighted by Gasteiger charge is 2.26. The molecule has 0 radical (unpaired) electrons. The number of fused-ring (bicyclic) bond motifs is 1. The van der Waals surface area contributed by atoms with Crippen LogP contribution in [0.25, 0.3) is 23.1 Å². The molecule has 4 rings (SSSR count). The molecule has 31 heavy (non-hydrogen) atoms. The van der Waals surface area contributed by atoms with Crippen LogP contribution in [0.2, 0.25) is 0 Å². The minimum atomic E-state index is 0.0156. The van der Waals surface area contributed by atoms with Gasteiger partial charge in [-0.05, 0) is 55.3 Å². The van der Waals surface area contributed by atoms with Crippen molar-refractivity contribution in [1.82, 2.24) is 15.0 Å². The van der Waals surface area contributed by atoms with Gasteiger partial charge in [0.25, 0.3) is 0 Å². The second-order valence-electron chi connectivity index (χ2n) is 7.56. The summed E-state index contributed by atoms with van der Waals surface area (Å²) in [6, 6.07) is 11.7. The molecule has 0 unspecified atom stereocenters. The first kappa shape index (κ1) is 20.6. The predicted molar refractivity (Wildman–Crippen MR) is 125 cm³/mol. The number of guanidine groups is 1. The molecule has 2 heterocycles. The summed E-state index contributed by atoms with van der Waals surface area (Å²) in [4.78, 5) is 18.3. The van der Waals surface area contributed by atoms with Crippen LogP contribution in [-0.2, 0) is 0 Å². The number of benzene rings is 1. The van der Waals surface area contributed by atoms with Crippen LogP contribution in [-0.4, -0.2) is 40.1 Å². The van der Waals surface area contributed by atoms with Gasteiger partial charge in [-0.25, -0.2) is 15.0 Å². The highest BCUT2D eigenvalue weighted by Crippen LogP contribution is 2.29. The monoisotopic (exact) mass is 417 g/mol. The Kier molecular flexibility index (Phi) is 6.26. The number of nitrogens with one attached hydrogen (secondary N) is 1. The number of aliphatic imine (C=N–C) groups is 1. The Morgan fingerprint density at radius 1 is 1.13 bits per heavy atom. The van der Waals surface area contributed by atoms with E-state index in [4.69, 9.17) is 26.2 Å². The zero-order valence-electron chi connectivity index (χ0n) is 17.5. The summed E-state index contributed by atoms with van der Waals surface area (Å²) in [5.41, 5.74) is 13.0. The third-order valence-corrected chi connectivity index (χ3v) is 5.38. The highest BCUT2D eigenvalue weighted by atomic mass is 16.5. The molecule has 8 heteroatoms. The molecule has 1 aromatic carbocycles. The lowest BCUT2D eigenvalue weighted by atomic mass is 9.90. The van der Waals surface area contributed by atoms with Gasteiger partial charge in [0.15, 0.2) is 11.8 Å². The number of nitrogens with zero attached hydrogens (tertiary/aromatic N) is 4. The number of methoxy groups -OCH3 is 1. The molecule has 160 valence electrons. The Morgan fingerprint density at radius 3 is 2.77 bits per heavy atom. The fourth-order valence-electron chi connectivity index (χ4n) is 3.87. The van der Waals surface area contributed by atoms with Gasteiger partial charge >= 0.3 is 0 Å². The van der Waals surface area contributed by atoms with Crippen LogP contribution in [0.15, 0.2) is 47.6 Å². The Hall–Kier alpha value is -3.68. The molecule has 1 aliphatic rings. The molecule has 1 fully saturated rings. The van der Waals surface area contributed by atoms with Crippen LogP contribution in [0.3, 0.4) is 0 Å². The number of ether oxygens (including phenoxy) is 1. The summed E-state index contributed by atoms with van der Waals surface area (Å²) in [5, 5.41) is 4.49. The average Bonchev–Trinajstić information content (AvgIpc) is 2.79. The normalized spacial score (nSPS) is 18.7. The molecule has 0 spiro atoms. The first-order chi connectivity index (χ1) is 15.1. The zero-order chi connectivity index (χ0) is 21.6. The van der Waals surface area contributed by atoms with E-state index in [1.807, 2.05) is 48.6 Å². The van der Waals surface area contributed by atoms with E-state index in [0.717, 1.165) is 53.8 Å². The number of pyridine rings is 1. The molecule has 1 saturated carbocycles. The fraction of sp³-hybridized carbons (Fsp3) is 0.304. The van der Waals surface area contributed by atoms with Gasteiger partial charge < -0.3 is 21.5 Å². The quantitative estimate of drug-likeness (QED) is 0.415. The van der Waals surface area contributed by atoms with E-state index in [1.54, 1.807) is 13.3 Å². The molecule has 2 aromatic heterocycles. The van der Waals surface area contributed by atoms with Crippen LogP contribution in [0.5, 0.6) is 5.75 Å². The first-order valence-corrected chi connectivity index (χ1v) is 10.4. The van der Waals surface area contributed by atoms with Crippen LogP contribution in [0, 0.1) is 0 Å². The van der Waals surface area contributed by atoms with Gasteiger partial charge in [0.05, 0.1) is 30.4 Å². The topological polar surface area (TPSA) is 124 Å². The molecule has 0 bridgehead atoms. The van der Waals surface area contributed by atoms with Gasteiger partial charge in [-0.3, -0.25) is 4.98 Å². The lowest BCUT2D eigenvalue weighted by molar-refractivity contribution is 0.405. The predicted octanol–water partition coefficient (Wildman–Crippen LogP) is 3.20. The maximum Gasteiger partial charge on any atom is 0.186 e. The van der Waals surface area contributed by atoms with Gasteiger partial charge in [-0.1, -0.05) is 18.9 Å². The van der Waals surface area contributed by atoms with Crippen molar-refractivity contribution in [2.24, 2.45) is 16.5 Å². The van der Waals surface area contributed by atoms with E-state index < -0.39 is 0 Å². The van der Waals surface area contributed by atoms with Crippen LogP contribution in [0.4, 0.5) is 5.82 Å². The molecular weight excluding hydrogens is 390 g/mol. The maximum atomic E-state index is 5.67. The van der Waals surface area contributed by atoms with Gasteiger partial charge in [-0.2, -0.15) is 0 Å². The maximum absolute atomic E-state index is 5.67. The van der Waals surface area contributed by atoms with E-state index in [9.17, 15) is 0 Å². The lowest BCUT2D eigenvalue weighted by Crippen LogP contribution is -2.38. The Balaban J connectivity index is 1.72. The zero-order valence-corrected chi connectivity index (χ0v) is 17.5. The number of rotatable bonds is 6. The molecule has 1 aliphatic carbocycles. The summed E-state index contributed by atoms with van der Waals surface area (Å²) in [7, 11) is 1.65. The smallest absolute Gasteiger partial charge is 0.186 e. The van der Waals surface area contributed by atoms with Gasteiger partial charge in [0.1, 0.15) is 11.6 Å². The summed E-state index contributed by atoms with van der Waals surface area (Å²) >= 11 is 0. The Morgan fingerprint density at radius 2 is 2.00 bits per heavy atom. The molecule has 0 amide bonds. The van der Waals surface area contributed by atoms with Gasteiger partial charge in [0, 0.05) is 11.6 Å². The van der Waals surface area contributed by atoms with Crippen LogP contribution >= 0.6 is 0 Å². The van der Waals surface area contributed by atoms with E-state index in [2.05, 4.69) is 15.3 Å². The minimum Gasteiger partial charge on any atom is -0.497 e. The van der Waals surface area contributed by atoms with Crippen molar-refractivity contribution in [3.05, 3.63) is 54.1 Å². The molecule has 8 nitrogen and oxygen atoms in total. The largest absolute Gasteiger partial charge is 0.497 e. The summed E-state index contributed by atoms with van der Waals surface area (Å²) in [6.45, 7) is 0. The third kappa shape index (κ3) is 5.09. The van der Waals surface area contributed by atoms with Crippen molar-refractivity contribution >= 4 is 34.8 Å². The fourth-order valence-corrected chi connectivity index (χ4v) is 3.87. The van der Waals surface area contributed by atoms with Crippen molar-refractivity contribution in [3.8, 4) is 5.75 Å². The molecule has 3 aromatic rings. The Bertz CT molecular complexity index is 1090. The van der Waals surface area contributed by atoms with Crippen molar-refractivity contribution in [2.75, 3.05) is 12.4 Å². The number of hydrogen-bond donors (Lipinski definition) is 3. The number of aromatic nitrogens is 3. The molecule has 0 saturated heterocycles. The average molecular weight is 418 g/mol. The van der Waals surface area contributed by atoms with Crippen molar-refractivity contribution < 1.29 is 4.74 Å². The highest BCUT2D eigenvalue weighted by molar-refractivity contribution is 5.91. The molecule has 5 N–H and O–H groups in total. The number of nitrogens with two attached hydrogens (primary N) is 2. The van der Waals surface area contributed by atoms with Crippen LogP contribution < -0.4 is 21.5 Å².